The topological polar surface area (TPSA) is 50.4 Å². The zero-order chi connectivity index (χ0) is 20.5. The molecule has 1 heterocycles. The summed E-state index contributed by atoms with van der Waals surface area (Å²) in [5.41, 5.74) is 3.48. The van der Waals surface area contributed by atoms with Gasteiger partial charge >= 0.3 is 0 Å². The Bertz CT molecular complexity index is 892. The normalized spacial score (nSPS) is 11.8. The highest BCUT2D eigenvalue weighted by molar-refractivity contribution is 7.10. The van der Waals surface area contributed by atoms with Crippen LogP contribution in [0.2, 0.25) is 0 Å². The molecule has 0 saturated heterocycles. The number of amides is 1. The number of aryl methyl sites for hydroxylation is 1. The molecule has 0 saturated carbocycles. The Morgan fingerprint density at radius 2 is 1.86 bits per heavy atom. The number of para-hydroxylation sites is 1. The van der Waals surface area contributed by atoms with Crippen molar-refractivity contribution in [3.8, 4) is 5.75 Å². The van der Waals surface area contributed by atoms with Gasteiger partial charge in [0, 0.05) is 17.0 Å². The average Bonchev–Trinajstić information content (AvgIpc) is 3.28. The first-order chi connectivity index (χ1) is 14.2. The van der Waals surface area contributed by atoms with Crippen molar-refractivity contribution in [1.82, 2.24) is 10.6 Å². The molecular formula is C24H28N2O2S. The summed E-state index contributed by atoms with van der Waals surface area (Å²) < 4.78 is 5.34. The minimum Gasteiger partial charge on any atom is -0.496 e. The summed E-state index contributed by atoms with van der Waals surface area (Å²) in [6.07, 6.45) is 2.22. The van der Waals surface area contributed by atoms with E-state index in [0.717, 1.165) is 24.2 Å². The Morgan fingerprint density at radius 3 is 2.55 bits per heavy atom. The zero-order valence-electron chi connectivity index (χ0n) is 17.0. The largest absolute Gasteiger partial charge is 0.496 e. The van der Waals surface area contributed by atoms with Gasteiger partial charge in [-0.1, -0.05) is 61.9 Å². The van der Waals surface area contributed by atoms with Crippen LogP contribution in [0.4, 0.5) is 0 Å². The fraction of sp³-hybridized carbons (Fsp3) is 0.292. The lowest BCUT2D eigenvalue weighted by Gasteiger charge is -2.18. The number of rotatable bonds is 10. The number of hydrogen-bond donors (Lipinski definition) is 2. The van der Waals surface area contributed by atoms with Gasteiger partial charge in [0.15, 0.2) is 0 Å². The fourth-order valence-corrected chi connectivity index (χ4v) is 4.13. The highest BCUT2D eigenvalue weighted by Crippen LogP contribution is 2.26. The Labute approximate surface area is 176 Å². The summed E-state index contributed by atoms with van der Waals surface area (Å²) in [5.74, 6) is 0.740. The van der Waals surface area contributed by atoms with Crippen molar-refractivity contribution in [2.24, 2.45) is 0 Å². The van der Waals surface area contributed by atoms with E-state index in [-0.39, 0.29) is 18.5 Å². The lowest BCUT2D eigenvalue weighted by Crippen LogP contribution is -2.35. The van der Waals surface area contributed by atoms with Crippen LogP contribution in [0.5, 0.6) is 5.75 Å². The number of ether oxygens (including phenoxy) is 1. The summed E-state index contributed by atoms with van der Waals surface area (Å²) in [7, 11) is 1.64. The Morgan fingerprint density at radius 1 is 1.07 bits per heavy atom. The predicted octanol–water partition coefficient (Wildman–Crippen LogP) is 4.70. The van der Waals surface area contributed by atoms with Crippen LogP contribution in [0.25, 0.3) is 0 Å². The molecule has 1 aromatic heterocycles. The monoisotopic (exact) mass is 408 g/mol. The van der Waals surface area contributed by atoms with E-state index >= 15 is 0 Å². The van der Waals surface area contributed by atoms with Crippen LogP contribution in [0.3, 0.4) is 0 Å². The summed E-state index contributed by atoms with van der Waals surface area (Å²) in [6.45, 7) is 2.88. The van der Waals surface area contributed by atoms with Gasteiger partial charge in [-0.25, -0.2) is 0 Å². The molecule has 29 heavy (non-hydrogen) atoms. The van der Waals surface area contributed by atoms with Gasteiger partial charge in [-0.05, 0) is 35.1 Å². The molecule has 4 nitrogen and oxygen atoms in total. The Balaban J connectivity index is 1.62. The predicted molar refractivity (Wildman–Crippen MR) is 119 cm³/mol. The highest BCUT2D eigenvalue weighted by atomic mass is 32.1. The molecule has 0 aliphatic heterocycles. The molecule has 2 N–H and O–H groups in total. The third-order valence-corrected chi connectivity index (χ3v) is 5.75. The third-order valence-electron chi connectivity index (χ3n) is 4.81. The maximum Gasteiger partial charge on any atom is 0.234 e. The molecule has 3 rings (SSSR count). The van der Waals surface area contributed by atoms with Gasteiger partial charge in [0.2, 0.25) is 5.91 Å². The van der Waals surface area contributed by atoms with E-state index in [0.29, 0.717) is 6.54 Å². The molecule has 3 aromatic rings. The summed E-state index contributed by atoms with van der Waals surface area (Å²) >= 11 is 1.70. The second kappa shape index (κ2) is 10.8. The Hall–Kier alpha value is -2.63. The van der Waals surface area contributed by atoms with E-state index in [1.54, 1.807) is 18.4 Å². The molecule has 0 aliphatic rings. The van der Waals surface area contributed by atoms with Crippen LogP contribution in [0, 0.1) is 0 Å². The van der Waals surface area contributed by atoms with Crippen LogP contribution in [-0.4, -0.2) is 19.6 Å². The van der Waals surface area contributed by atoms with Crippen molar-refractivity contribution in [3.63, 3.8) is 0 Å². The maximum atomic E-state index is 12.4. The standard InChI is InChI=1S/C24H28N2O2S/c1-3-7-18-11-13-19(14-12-18)24(22-10-6-15-29-22)26-17-23(27)25-16-20-8-4-5-9-21(20)28-2/h4-6,8-15,24,26H,3,7,16-17H2,1-2H3,(H,25,27)/t24-/m1/s1. The molecule has 5 heteroatoms. The number of thiophene rings is 1. The van der Waals surface area contributed by atoms with Crippen molar-refractivity contribution in [1.29, 1.82) is 0 Å². The first kappa shape index (κ1) is 21.1. The lowest BCUT2D eigenvalue weighted by molar-refractivity contribution is -0.120. The molecular weight excluding hydrogens is 380 g/mol. The van der Waals surface area contributed by atoms with Crippen LogP contribution in [0.1, 0.15) is 41.0 Å². The first-order valence-electron chi connectivity index (χ1n) is 9.95. The van der Waals surface area contributed by atoms with Gasteiger partial charge in [0.25, 0.3) is 0 Å². The number of carbonyl (C=O) groups excluding carboxylic acids is 1. The van der Waals surface area contributed by atoms with Crippen molar-refractivity contribution in [2.75, 3.05) is 13.7 Å². The zero-order valence-corrected chi connectivity index (χ0v) is 17.8. The van der Waals surface area contributed by atoms with Crippen LogP contribution in [0.15, 0.2) is 66.0 Å². The summed E-state index contributed by atoms with van der Waals surface area (Å²) in [6, 6.07) is 20.6. The number of methoxy groups -OCH3 is 1. The van der Waals surface area contributed by atoms with Crippen LogP contribution < -0.4 is 15.4 Å². The molecule has 152 valence electrons. The van der Waals surface area contributed by atoms with Crippen LogP contribution in [-0.2, 0) is 17.8 Å². The molecule has 0 radical (unpaired) electrons. The van der Waals surface area contributed by atoms with E-state index in [2.05, 4.69) is 53.3 Å². The molecule has 1 atom stereocenters. The van der Waals surface area contributed by atoms with E-state index in [1.807, 2.05) is 30.3 Å². The fourth-order valence-electron chi connectivity index (χ4n) is 3.30. The smallest absolute Gasteiger partial charge is 0.234 e. The van der Waals surface area contributed by atoms with Crippen molar-refractivity contribution in [2.45, 2.75) is 32.4 Å². The summed E-state index contributed by atoms with van der Waals surface area (Å²) in [5, 5.41) is 8.46. The second-order valence-electron chi connectivity index (χ2n) is 6.91. The molecule has 0 fully saturated rings. The lowest BCUT2D eigenvalue weighted by atomic mass is 10.0. The number of hydrogen-bond acceptors (Lipinski definition) is 4. The SMILES string of the molecule is CCCc1ccc([C@@H](NCC(=O)NCc2ccccc2OC)c2cccs2)cc1. The molecule has 0 unspecified atom stereocenters. The highest BCUT2D eigenvalue weighted by Gasteiger charge is 2.16. The van der Waals surface area contributed by atoms with Gasteiger partial charge in [0.1, 0.15) is 5.75 Å². The van der Waals surface area contributed by atoms with E-state index in [4.69, 9.17) is 4.74 Å². The van der Waals surface area contributed by atoms with Gasteiger partial charge in [-0.15, -0.1) is 11.3 Å². The van der Waals surface area contributed by atoms with Crippen molar-refractivity contribution >= 4 is 17.2 Å². The van der Waals surface area contributed by atoms with E-state index in [9.17, 15) is 4.79 Å². The molecule has 0 aliphatic carbocycles. The summed E-state index contributed by atoms with van der Waals surface area (Å²) in [4.78, 5) is 13.6. The van der Waals surface area contributed by atoms with Gasteiger partial charge in [-0.3, -0.25) is 10.1 Å². The van der Waals surface area contributed by atoms with Crippen molar-refractivity contribution < 1.29 is 9.53 Å². The molecule has 0 spiro atoms. The van der Waals surface area contributed by atoms with Crippen LogP contribution >= 0.6 is 11.3 Å². The minimum atomic E-state index is -0.0416. The average molecular weight is 409 g/mol. The quantitative estimate of drug-likeness (QED) is 0.511. The first-order valence-corrected chi connectivity index (χ1v) is 10.8. The molecule has 2 aromatic carbocycles. The van der Waals surface area contributed by atoms with Gasteiger partial charge in [0.05, 0.1) is 19.7 Å². The maximum absolute atomic E-state index is 12.4. The van der Waals surface area contributed by atoms with E-state index in [1.165, 1.54) is 16.0 Å². The second-order valence-corrected chi connectivity index (χ2v) is 7.89. The minimum absolute atomic E-state index is 0.00249. The van der Waals surface area contributed by atoms with Crippen molar-refractivity contribution in [3.05, 3.63) is 87.6 Å². The molecule has 0 bridgehead atoms. The van der Waals surface area contributed by atoms with E-state index < -0.39 is 0 Å². The van der Waals surface area contributed by atoms with Gasteiger partial charge < -0.3 is 10.1 Å². The number of nitrogens with one attached hydrogen (secondary N) is 2. The van der Waals surface area contributed by atoms with Gasteiger partial charge in [-0.2, -0.15) is 0 Å². The number of carbonyl (C=O) groups is 1. The Kier molecular flexibility index (Phi) is 7.85. The third kappa shape index (κ3) is 5.92. The molecule has 1 amide bonds. The number of benzene rings is 2.